The number of hydrogen-bond acceptors (Lipinski definition) is 7. The monoisotopic (exact) mass is 622 g/mol. The van der Waals surface area contributed by atoms with Gasteiger partial charge in [-0.15, -0.1) is 11.8 Å². The minimum Gasteiger partial charge on any atom is -0.487 e. The zero-order chi connectivity index (χ0) is 32.2. The van der Waals surface area contributed by atoms with Crippen molar-refractivity contribution >= 4 is 28.6 Å². The summed E-state index contributed by atoms with van der Waals surface area (Å²) >= 11 is 1.82. The number of carbonyl (C=O) groups excluding carboxylic acids is 1. The molecule has 2 aromatic carbocycles. The Kier molecular flexibility index (Phi) is 9.63. The first-order valence-electron chi connectivity index (χ1n) is 15.4. The van der Waals surface area contributed by atoms with Crippen molar-refractivity contribution < 1.29 is 14.3 Å². The van der Waals surface area contributed by atoms with E-state index in [1.165, 1.54) is 0 Å². The molecule has 5 rings (SSSR count). The Bertz CT molecular complexity index is 1760. The van der Waals surface area contributed by atoms with Gasteiger partial charge in [-0.25, -0.2) is 0 Å². The Morgan fingerprint density at radius 1 is 0.933 bits per heavy atom. The molecule has 45 heavy (non-hydrogen) atoms. The Morgan fingerprint density at radius 2 is 1.71 bits per heavy atom. The van der Waals surface area contributed by atoms with Crippen LogP contribution in [0.2, 0.25) is 0 Å². The maximum atomic E-state index is 13.1. The SMILES string of the molecule is CCOC(=O)C(C)(C)Cc1c(SC(C)(C)C)c2cc(OCc3ccccn3)ccc2n1Cc1ccc(-c2ccc(C)nn2)cc1. The Balaban J connectivity index is 1.59. The van der Waals surface area contributed by atoms with Crippen LogP contribution in [0.5, 0.6) is 5.75 Å². The fourth-order valence-corrected chi connectivity index (χ4v) is 6.38. The van der Waals surface area contributed by atoms with Crippen molar-refractivity contribution in [3.05, 3.63) is 102 Å². The summed E-state index contributed by atoms with van der Waals surface area (Å²) in [7, 11) is 0. The van der Waals surface area contributed by atoms with Crippen LogP contribution in [0.3, 0.4) is 0 Å². The van der Waals surface area contributed by atoms with Gasteiger partial charge in [0.25, 0.3) is 0 Å². The standard InChI is InChI=1S/C37H42N4O3S/c1-8-43-35(42)37(6,7)22-33-34(45-36(3,4)5)30-21-29(44-24-28-11-9-10-20-38-28)17-19-32(30)41(33)23-26-13-15-27(16-14-26)31-18-12-25(2)39-40-31/h9-21H,8,22-24H2,1-7H3. The number of carbonyl (C=O) groups is 1. The Hall–Kier alpha value is -4.17. The minimum absolute atomic E-state index is 0.0660. The number of benzene rings is 2. The Morgan fingerprint density at radius 3 is 2.36 bits per heavy atom. The third-order valence-corrected chi connectivity index (χ3v) is 8.71. The molecule has 0 saturated heterocycles. The third-order valence-electron chi connectivity index (χ3n) is 7.44. The van der Waals surface area contributed by atoms with E-state index in [4.69, 9.17) is 9.47 Å². The van der Waals surface area contributed by atoms with Crippen LogP contribution in [0, 0.1) is 12.3 Å². The number of fused-ring (bicyclic) bond motifs is 1. The lowest BCUT2D eigenvalue weighted by Crippen LogP contribution is -2.30. The summed E-state index contributed by atoms with van der Waals surface area (Å²) in [5, 5.41) is 9.67. The second kappa shape index (κ2) is 13.4. The second-order valence-corrected chi connectivity index (χ2v) is 14.7. The van der Waals surface area contributed by atoms with E-state index in [1.54, 1.807) is 6.20 Å². The summed E-state index contributed by atoms with van der Waals surface area (Å²) in [5.41, 5.74) is 6.26. The summed E-state index contributed by atoms with van der Waals surface area (Å²) in [6.07, 6.45) is 2.30. The maximum Gasteiger partial charge on any atom is 0.311 e. The average molecular weight is 623 g/mol. The molecule has 0 N–H and O–H groups in total. The molecule has 0 aliphatic heterocycles. The number of nitrogens with zero attached hydrogens (tertiary/aromatic N) is 4. The largest absolute Gasteiger partial charge is 0.487 e. The van der Waals surface area contributed by atoms with Gasteiger partial charge in [-0.05, 0) is 75.7 Å². The molecule has 7 nitrogen and oxygen atoms in total. The van der Waals surface area contributed by atoms with E-state index in [1.807, 2.05) is 75.9 Å². The molecule has 0 unspecified atom stereocenters. The normalized spacial score (nSPS) is 12.0. The molecule has 5 aromatic rings. The van der Waals surface area contributed by atoms with Crippen molar-refractivity contribution in [3.63, 3.8) is 0 Å². The van der Waals surface area contributed by atoms with E-state index in [9.17, 15) is 4.79 Å². The van der Waals surface area contributed by atoms with E-state index >= 15 is 0 Å². The number of ether oxygens (including phenoxy) is 2. The van der Waals surface area contributed by atoms with Gasteiger partial charge in [0.15, 0.2) is 0 Å². The highest BCUT2D eigenvalue weighted by atomic mass is 32.2. The van der Waals surface area contributed by atoms with Crippen LogP contribution in [0.4, 0.5) is 0 Å². The van der Waals surface area contributed by atoms with Crippen molar-refractivity contribution in [1.29, 1.82) is 0 Å². The average Bonchev–Trinajstić information content (AvgIpc) is 3.26. The summed E-state index contributed by atoms with van der Waals surface area (Å²) < 4.78 is 14.0. The van der Waals surface area contributed by atoms with E-state index in [0.717, 1.165) is 55.5 Å². The maximum absolute atomic E-state index is 13.1. The van der Waals surface area contributed by atoms with Gasteiger partial charge in [-0.2, -0.15) is 10.2 Å². The third kappa shape index (κ3) is 7.92. The summed E-state index contributed by atoms with van der Waals surface area (Å²) in [5.74, 6) is 0.581. The highest BCUT2D eigenvalue weighted by molar-refractivity contribution is 8.00. The van der Waals surface area contributed by atoms with Crippen LogP contribution in [0.15, 0.2) is 83.9 Å². The zero-order valence-electron chi connectivity index (χ0n) is 27.3. The van der Waals surface area contributed by atoms with Crippen molar-refractivity contribution in [2.75, 3.05) is 6.61 Å². The topological polar surface area (TPSA) is 79.1 Å². The number of aryl methyl sites for hydroxylation is 1. The van der Waals surface area contributed by atoms with Gasteiger partial charge in [-0.3, -0.25) is 9.78 Å². The van der Waals surface area contributed by atoms with E-state index in [2.05, 4.69) is 76.9 Å². The second-order valence-electron chi connectivity index (χ2n) is 12.9. The van der Waals surface area contributed by atoms with Crippen molar-refractivity contribution in [2.45, 2.75) is 77.7 Å². The number of aromatic nitrogens is 4. The van der Waals surface area contributed by atoms with Gasteiger partial charge in [0.2, 0.25) is 0 Å². The molecule has 0 fully saturated rings. The fourth-order valence-electron chi connectivity index (χ4n) is 5.20. The van der Waals surface area contributed by atoms with Gasteiger partial charge >= 0.3 is 5.97 Å². The van der Waals surface area contributed by atoms with Crippen LogP contribution < -0.4 is 4.74 Å². The molecule has 0 radical (unpaired) electrons. The van der Waals surface area contributed by atoms with Crippen LogP contribution in [-0.2, 0) is 29.1 Å². The molecular formula is C37H42N4O3S. The lowest BCUT2D eigenvalue weighted by Gasteiger charge is -2.26. The molecule has 0 aliphatic carbocycles. The molecule has 0 bridgehead atoms. The lowest BCUT2D eigenvalue weighted by atomic mass is 9.87. The molecule has 0 spiro atoms. The van der Waals surface area contributed by atoms with Crippen LogP contribution in [-0.4, -0.2) is 37.1 Å². The van der Waals surface area contributed by atoms with E-state index in [0.29, 0.717) is 26.2 Å². The van der Waals surface area contributed by atoms with Gasteiger partial charge in [0, 0.05) is 51.0 Å². The molecule has 0 atom stereocenters. The predicted octanol–water partition coefficient (Wildman–Crippen LogP) is 8.45. The summed E-state index contributed by atoms with van der Waals surface area (Å²) in [6.45, 7) is 15.8. The number of thioether (sulfide) groups is 1. The molecular weight excluding hydrogens is 580 g/mol. The van der Waals surface area contributed by atoms with E-state index < -0.39 is 5.41 Å². The first-order chi connectivity index (χ1) is 21.4. The van der Waals surface area contributed by atoms with Gasteiger partial charge < -0.3 is 14.0 Å². The predicted molar refractivity (Wildman–Crippen MR) is 182 cm³/mol. The van der Waals surface area contributed by atoms with Crippen LogP contribution >= 0.6 is 11.8 Å². The quantitative estimate of drug-likeness (QED) is 0.108. The summed E-state index contributed by atoms with van der Waals surface area (Å²) in [4.78, 5) is 18.7. The molecule has 3 aromatic heterocycles. The van der Waals surface area contributed by atoms with E-state index in [-0.39, 0.29) is 10.7 Å². The van der Waals surface area contributed by atoms with Crippen molar-refractivity contribution in [2.24, 2.45) is 5.41 Å². The van der Waals surface area contributed by atoms with Crippen LogP contribution in [0.25, 0.3) is 22.2 Å². The highest BCUT2D eigenvalue weighted by Gasteiger charge is 2.34. The van der Waals surface area contributed by atoms with Gasteiger partial charge in [-0.1, -0.05) is 51.1 Å². The Labute approximate surface area is 270 Å². The first-order valence-corrected chi connectivity index (χ1v) is 16.2. The molecule has 0 amide bonds. The number of hydrogen-bond donors (Lipinski definition) is 0. The minimum atomic E-state index is -0.721. The lowest BCUT2D eigenvalue weighted by molar-refractivity contribution is -0.153. The first kappa shape index (κ1) is 32.2. The van der Waals surface area contributed by atoms with Crippen molar-refractivity contribution in [1.82, 2.24) is 19.7 Å². The molecule has 0 aliphatic rings. The number of pyridine rings is 1. The number of esters is 1. The molecule has 3 heterocycles. The molecule has 0 saturated carbocycles. The van der Waals surface area contributed by atoms with Gasteiger partial charge in [0.05, 0.1) is 29.1 Å². The summed E-state index contributed by atoms with van der Waals surface area (Å²) in [6, 6.07) is 24.5. The zero-order valence-corrected chi connectivity index (χ0v) is 28.1. The van der Waals surface area contributed by atoms with Gasteiger partial charge in [0.1, 0.15) is 12.4 Å². The highest BCUT2D eigenvalue weighted by Crippen LogP contribution is 2.44. The smallest absolute Gasteiger partial charge is 0.311 e. The molecule has 8 heteroatoms. The molecule has 234 valence electrons. The van der Waals surface area contributed by atoms with Crippen molar-refractivity contribution in [3.8, 4) is 17.0 Å². The van der Waals surface area contributed by atoms with Crippen LogP contribution in [0.1, 0.15) is 64.2 Å². The number of rotatable bonds is 11. The fraction of sp³-hybridized carbons (Fsp3) is 0.351.